The van der Waals surface area contributed by atoms with Crippen LogP contribution in [0.5, 0.6) is 11.5 Å². The van der Waals surface area contributed by atoms with E-state index in [0.717, 1.165) is 34.0 Å². The molecule has 0 aliphatic heterocycles. The van der Waals surface area contributed by atoms with Crippen LogP contribution < -0.4 is 15.4 Å². The third-order valence-electron chi connectivity index (χ3n) is 3.77. The molecule has 126 valence electrons. The minimum absolute atomic E-state index is 0.273. The Morgan fingerprint density at radius 3 is 2.12 bits per heavy atom. The van der Waals surface area contributed by atoms with Crippen molar-refractivity contribution in [1.82, 2.24) is 0 Å². The molecule has 4 heteroatoms. The van der Waals surface area contributed by atoms with Crippen LogP contribution in [0, 0.1) is 13.8 Å². The lowest BCUT2D eigenvalue weighted by Gasteiger charge is -2.14. The van der Waals surface area contributed by atoms with Crippen LogP contribution in [0.2, 0.25) is 0 Å². The fourth-order valence-electron chi connectivity index (χ4n) is 2.46. The Hall–Kier alpha value is -3.27. The van der Waals surface area contributed by atoms with Crippen molar-refractivity contribution in [3.63, 3.8) is 0 Å². The molecule has 0 fully saturated rings. The van der Waals surface area contributed by atoms with Crippen molar-refractivity contribution in [2.75, 3.05) is 10.6 Å². The number of hydrogen-bond donors (Lipinski definition) is 2. The number of carbonyl (C=O) groups is 1. The van der Waals surface area contributed by atoms with E-state index in [1.165, 1.54) is 0 Å². The monoisotopic (exact) mass is 332 g/mol. The summed E-state index contributed by atoms with van der Waals surface area (Å²) in [5.41, 5.74) is 3.38. The molecule has 0 saturated heterocycles. The molecule has 0 saturated carbocycles. The quantitative estimate of drug-likeness (QED) is 0.640. The van der Waals surface area contributed by atoms with Crippen LogP contribution in [0.15, 0.2) is 72.8 Å². The molecule has 0 aliphatic rings. The Morgan fingerprint density at radius 2 is 1.44 bits per heavy atom. The molecule has 0 unspecified atom stereocenters. The molecule has 2 N–H and O–H groups in total. The minimum atomic E-state index is -0.273. The van der Waals surface area contributed by atoms with Gasteiger partial charge in [0.1, 0.15) is 11.5 Å². The van der Waals surface area contributed by atoms with Gasteiger partial charge >= 0.3 is 6.03 Å². The van der Waals surface area contributed by atoms with Gasteiger partial charge < -0.3 is 15.4 Å². The van der Waals surface area contributed by atoms with E-state index in [0.29, 0.717) is 0 Å². The predicted molar refractivity (Wildman–Crippen MR) is 102 cm³/mol. The van der Waals surface area contributed by atoms with Gasteiger partial charge in [-0.15, -0.1) is 0 Å². The van der Waals surface area contributed by atoms with Crippen molar-refractivity contribution >= 4 is 17.4 Å². The van der Waals surface area contributed by atoms with Crippen LogP contribution >= 0.6 is 0 Å². The zero-order chi connectivity index (χ0) is 17.6. The van der Waals surface area contributed by atoms with E-state index in [4.69, 9.17) is 4.74 Å². The molecular formula is C21H20N2O2. The van der Waals surface area contributed by atoms with Crippen molar-refractivity contribution in [2.24, 2.45) is 0 Å². The lowest BCUT2D eigenvalue weighted by molar-refractivity contribution is 0.262. The van der Waals surface area contributed by atoms with Gasteiger partial charge in [0.05, 0.1) is 0 Å². The summed E-state index contributed by atoms with van der Waals surface area (Å²) < 4.78 is 5.92. The third-order valence-corrected chi connectivity index (χ3v) is 3.77. The van der Waals surface area contributed by atoms with Crippen molar-refractivity contribution in [3.05, 3.63) is 83.9 Å². The van der Waals surface area contributed by atoms with Gasteiger partial charge in [-0.1, -0.05) is 36.4 Å². The summed E-state index contributed by atoms with van der Waals surface area (Å²) in [4.78, 5) is 12.2. The van der Waals surface area contributed by atoms with E-state index in [2.05, 4.69) is 10.6 Å². The minimum Gasteiger partial charge on any atom is -0.457 e. The number of urea groups is 1. The van der Waals surface area contributed by atoms with Crippen LogP contribution in [0.3, 0.4) is 0 Å². The van der Waals surface area contributed by atoms with Gasteiger partial charge in [-0.05, 0) is 61.4 Å². The molecule has 25 heavy (non-hydrogen) atoms. The molecule has 0 aliphatic carbocycles. The van der Waals surface area contributed by atoms with E-state index < -0.39 is 0 Å². The van der Waals surface area contributed by atoms with Gasteiger partial charge in [-0.25, -0.2) is 4.79 Å². The number of rotatable bonds is 4. The van der Waals surface area contributed by atoms with Crippen molar-refractivity contribution in [3.8, 4) is 11.5 Å². The van der Waals surface area contributed by atoms with Crippen molar-refractivity contribution < 1.29 is 9.53 Å². The molecule has 3 rings (SSSR count). The molecule has 0 bridgehead atoms. The summed E-state index contributed by atoms with van der Waals surface area (Å²) in [6.07, 6.45) is 0. The molecular weight excluding hydrogens is 312 g/mol. The normalized spacial score (nSPS) is 10.2. The van der Waals surface area contributed by atoms with E-state index in [1.807, 2.05) is 86.6 Å². The summed E-state index contributed by atoms with van der Waals surface area (Å²) >= 11 is 0. The Balaban J connectivity index is 1.72. The molecule has 0 atom stereocenters. The fourth-order valence-corrected chi connectivity index (χ4v) is 2.46. The lowest BCUT2D eigenvalue weighted by atomic mass is 10.1. The summed E-state index contributed by atoms with van der Waals surface area (Å²) in [7, 11) is 0. The number of benzene rings is 3. The number of anilines is 2. The van der Waals surface area contributed by atoms with Gasteiger partial charge in [0.25, 0.3) is 0 Å². The molecule has 0 radical (unpaired) electrons. The van der Waals surface area contributed by atoms with Gasteiger partial charge in [0, 0.05) is 11.4 Å². The molecule has 4 nitrogen and oxygen atoms in total. The highest BCUT2D eigenvalue weighted by molar-refractivity contribution is 6.00. The topological polar surface area (TPSA) is 50.4 Å². The number of nitrogens with one attached hydrogen (secondary N) is 2. The average Bonchev–Trinajstić information content (AvgIpc) is 2.61. The second kappa shape index (κ2) is 7.53. The summed E-state index contributed by atoms with van der Waals surface area (Å²) in [5, 5.41) is 5.70. The fraction of sp³-hybridized carbons (Fsp3) is 0.0952. The Kier molecular flexibility index (Phi) is 5.00. The van der Waals surface area contributed by atoms with Crippen LogP contribution in [-0.4, -0.2) is 6.03 Å². The molecule has 2 amide bonds. The molecule has 0 aromatic heterocycles. The summed E-state index contributed by atoms with van der Waals surface area (Å²) in [6.45, 7) is 3.90. The zero-order valence-electron chi connectivity index (χ0n) is 14.2. The summed E-state index contributed by atoms with van der Waals surface area (Å²) in [6, 6.07) is 22.5. The largest absolute Gasteiger partial charge is 0.457 e. The van der Waals surface area contributed by atoms with E-state index >= 15 is 0 Å². The van der Waals surface area contributed by atoms with Crippen molar-refractivity contribution in [2.45, 2.75) is 13.8 Å². The number of ether oxygens (including phenoxy) is 1. The maximum absolute atomic E-state index is 12.2. The molecule has 0 heterocycles. The van der Waals surface area contributed by atoms with Crippen LogP contribution in [0.4, 0.5) is 16.2 Å². The second-order valence-corrected chi connectivity index (χ2v) is 5.79. The smallest absolute Gasteiger partial charge is 0.323 e. The zero-order valence-corrected chi connectivity index (χ0v) is 14.2. The highest BCUT2D eigenvalue weighted by Crippen LogP contribution is 2.30. The second-order valence-electron chi connectivity index (χ2n) is 5.79. The number of carbonyl (C=O) groups excluding carboxylic acids is 1. The van der Waals surface area contributed by atoms with E-state index in [1.54, 1.807) is 0 Å². The Labute approximate surface area is 147 Å². The molecule has 3 aromatic rings. The number of amides is 2. The number of para-hydroxylation sites is 2. The van der Waals surface area contributed by atoms with E-state index in [-0.39, 0.29) is 6.03 Å². The Bertz CT molecular complexity index is 862. The van der Waals surface area contributed by atoms with Gasteiger partial charge in [0.15, 0.2) is 0 Å². The first-order valence-electron chi connectivity index (χ1n) is 8.09. The lowest BCUT2D eigenvalue weighted by Crippen LogP contribution is -2.20. The molecule has 3 aromatic carbocycles. The number of aryl methyl sites for hydroxylation is 2. The SMILES string of the molecule is Cc1cc(Oc2ccccc2)c(C)cc1NC(=O)Nc1ccccc1. The standard InChI is InChI=1S/C21H20N2O2/c1-15-14-20(25-18-11-7-4-8-12-18)16(2)13-19(15)23-21(24)22-17-9-5-3-6-10-17/h3-14H,1-2H3,(H2,22,23,24). The number of hydrogen-bond acceptors (Lipinski definition) is 2. The first kappa shape index (κ1) is 16.6. The highest BCUT2D eigenvalue weighted by atomic mass is 16.5. The maximum atomic E-state index is 12.2. The first-order valence-corrected chi connectivity index (χ1v) is 8.09. The van der Waals surface area contributed by atoms with Crippen LogP contribution in [-0.2, 0) is 0 Å². The van der Waals surface area contributed by atoms with E-state index in [9.17, 15) is 4.79 Å². The highest BCUT2D eigenvalue weighted by Gasteiger charge is 2.09. The van der Waals surface area contributed by atoms with Crippen molar-refractivity contribution in [1.29, 1.82) is 0 Å². The first-order chi connectivity index (χ1) is 12.1. The van der Waals surface area contributed by atoms with Crippen LogP contribution in [0.1, 0.15) is 11.1 Å². The Morgan fingerprint density at radius 1 is 0.800 bits per heavy atom. The summed E-state index contributed by atoms with van der Waals surface area (Å²) in [5.74, 6) is 1.56. The average molecular weight is 332 g/mol. The van der Waals surface area contributed by atoms with Gasteiger partial charge in [0.2, 0.25) is 0 Å². The van der Waals surface area contributed by atoms with Gasteiger partial charge in [-0.2, -0.15) is 0 Å². The van der Waals surface area contributed by atoms with Gasteiger partial charge in [-0.3, -0.25) is 0 Å². The molecule has 0 spiro atoms. The third kappa shape index (κ3) is 4.38. The predicted octanol–water partition coefficient (Wildman–Crippen LogP) is 5.74. The van der Waals surface area contributed by atoms with Crippen LogP contribution in [0.25, 0.3) is 0 Å². The maximum Gasteiger partial charge on any atom is 0.323 e.